The molecule has 0 aliphatic carbocycles. The summed E-state index contributed by atoms with van der Waals surface area (Å²) >= 11 is 0. The fourth-order valence-corrected chi connectivity index (χ4v) is 3.80. The summed E-state index contributed by atoms with van der Waals surface area (Å²) in [5.41, 5.74) is 4.00. The van der Waals surface area contributed by atoms with Crippen molar-refractivity contribution in [1.29, 1.82) is 0 Å². The highest BCUT2D eigenvalue weighted by atomic mass is 16.5. The van der Waals surface area contributed by atoms with Crippen molar-refractivity contribution in [2.75, 3.05) is 25.0 Å². The van der Waals surface area contributed by atoms with Gasteiger partial charge in [-0.1, -0.05) is 74.6 Å². The molecule has 0 aliphatic rings. The van der Waals surface area contributed by atoms with E-state index >= 15 is 0 Å². The van der Waals surface area contributed by atoms with E-state index in [1.165, 1.54) is 19.3 Å². The molecule has 0 spiro atoms. The van der Waals surface area contributed by atoms with Crippen molar-refractivity contribution in [1.82, 2.24) is 4.90 Å². The number of aryl methyl sites for hydroxylation is 1. The molecule has 0 heterocycles. The highest BCUT2D eigenvalue weighted by molar-refractivity contribution is 5.89. The van der Waals surface area contributed by atoms with E-state index in [0.29, 0.717) is 19.6 Å². The summed E-state index contributed by atoms with van der Waals surface area (Å²) in [4.78, 5) is 26.2. The van der Waals surface area contributed by atoms with Crippen molar-refractivity contribution in [2.45, 2.75) is 71.8 Å². The highest BCUT2D eigenvalue weighted by Crippen LogP contribution is 2.13. The Morgan fingerprint density at radius 1 is 0.912 bits per heavy atom. The van der Waals surface area contributed by atoms with Gasteiger partial charge in [-0.25, -0.2) is 9.59 Å². The molecular formula is C28H40N2O4. The standard InChI is InChI=1S/C28H40N2O4/c1-4-6-7-8-9-19-30(28(33)29-25-16-10-22(3)11-17-25)20-18-23-12-14-24(15-13-23)21-26(27(31)32)34-5-2/h10-17,26H,4-9,18-21H2,1-3H3,(H,29,33)(H,31,32). The number of unbranched alkanes of at least 4 members (excludes halogenated alkanes) is 4. The first-order valence-electron chi connectivity index (χ1n) is 12.5. The number of hydrogen-bond acceptors (Lipinski definition) is 3. The van der Waals surface area contributed by atoms with Crippen LogP contribution in [0.15, 0.2) is 48.5 Å². The molecule has 0 bridgehead atoms. The van der Waals surface area contributed by atoms with Gasteiger partial charge in [0.1, 0.15) is 0 Å². The minimum atomic E-state index is -0.944. The average Bonchev–Trinajstić information content (AvgIpc) is 2.82. The Morgan fingerprint density at radius 3 is 2.18 bits per heavy atom. The zero-order chi connectivity index (χ0) is 24.8. The number of anilines is 1. The largest absolute Gasteiger partial charge is 0.479 e. The van der Waals surface area contributed by atoms with Crippen molar-refractivity contribution in [3.8, 4) is 0 Å². The molecule has 6 nitrogen and oxygen atoms in total. The average molecular weight is 469 g/mol. The van der Waals surface area contributed by atoms with Crippen LogP contribution >= 0.6 is 0 Å². The molecule has 0 radical (unpaired) electrons. The number of nitrogens with zero attached hydrogens (tertiary/aromatic N) is 1. The fraction of sp³-hybridized carbons (Fsp3) is 0.500. The van der Waals surface area contributed by atoms with Crippen LogP contribution < -0.4 is 5.32 Å². The SMILES string of the molecule is CCCCCCCN(CCc1ccc(CC(OCC)C(=O)O)cc1)C(=O)Nc1ccc(C)cc1. The quantitative estimate of drug-likeness (QED) is 0.311. The lowest BCUT2D eigenvalue weighted by Crippen LogP contribution is -2.37. The van der Waals surface area contributed by atoms with Crippen molar-refractivity contribution in [3.63, 3.8) is 0 Å². The number of benzene rings is 2. The monoisotopic (exact) mass is 468 g/mol. The van der Waals surface area contributed by atoms with E-state index < -0.39 is 12.1 Å². The maximum atomic E-state index is 13.0. The molecule has 2 rings (SSSR count). The van der Waals surface area contributed by atoms with Gasteiger partial charge in [-0.15, -0.1) is 0 Å². The predicted octanol–water partition coefficient (Wildman–Crippen LogP) is 6.07. The Balaban J connectivity index is 1.96. The predicted molar refractivity (Wildman–Crippen MR) is 137 cm³/mol. The number of urea groups is 1. The Labute approximate surface area is 204 Å². The van der Waals surface area contributed by atoms with Crippen molar-refractivity contribution in [2.24, 2.45) is 0 Å². The van der Waals surface area contributed by atoms with E-state index in [0.717, 1.165) is 48.2 Å². The molecule has 2 aromatic carbocycles. The molecule has 6 heteroatoms. The molecule has 2 aromatic rings. The smallest absolute Gasteiger partial charge is 0.333 e. The second-order valence-electron chi connectivity index (χ2n) is 8.75. The van der Waals surface area contributed by atoms with E-state index in [1.807, 2.05) is 60.4 Å². The third-order valence-corrected chi connectivity index (χ3v) is 5.88. The fourth-order valence-electron chi connectivity index (χ4n) is 3.80. The molecule has 2 N–H and O–H groups in total. The van der Waals surface area contributed by atoms with Crippen LogP contribution in [0, 0.1) is 6.92 Å². The van der Waals surface area contributed by atoms with Gasteiger partial charge in [-0.2, -0.15) is 0 Å². The number of carbonyl (C=O) groups is 2. The normalized spacial score (nSPS) is 11.7. The number of carboxylic acid groups (broad SMARTS) is 1. The number of nitrogens with one attached hydrogen (secondary N) is 1. The minimum Gasteiger partial charge on any atom is -0.479 e. The van der Waals surface area contributed by atoms with Crippen LogP contribution in [0.1, 0.15) is 62.6 Å². The topological polar surface area (TPSA) is 78.9 Å². The number of hydrogen-bond donors (Lipinski definition) is 2. The summed E-state index contributed by atoms with van der Waals surface area (Å²) in [6.45, 7) is 7.75. The molecule has 0 aromatic heterocycles. The summed E-state index contributed by atoms with van der Waals surface area (Å²) in [7, 11) is 0. The molecule has 0 aliphatic heterocycles. The lowest BCUT2D eigenvalue weighted by atomic mass is 10.0. The van der Waals surface area contributed by atoms with Gasteiger partial charge in [0.25, 0.3) is 0 Å². The Bertz CT molecular complexity index is 865. The molecule has 0 saturated heterocycles. The van der Waals surface area contributed by atoms with Crippen LogP contribution in [-0.2, 0) is 22.4 Å². The van der Waals surface area contributed by atoms with E-state index in [4.69, 9.17) is 4.74 Å². The molecule has 186 valence electrons. The number of ether oxygens (including phenoxy) is 1. The van der Waals surface area contributed by atoms with Gasteiger partial charge in [-0.3, -0.25) is 0 Å². The third-order valence-electron chi connectivity index (χ3n) is 5.88. The first-order chi connectivity index (χ1) is 16.4. The Morgan fingerprint density at radius 2 is 1.56 bits per heavy atom. The zero-order valence-electron chi connectivity index (χ0n) is 20.9. The van der Waals surface area contributed by atoms with E-state index in [-0.39, 0.29) is 6.03 Å². The minimum absolute atomic E-state index is 0.0722. The van der Waals surface area contributed by atoms with Gasteiger partial charge >= 0.3 is 12.0 Å². The van der Waals surface area contributed by atoms with Crippen LogP contribution in [0.25, 0.3) is 0 Å². The van der Waals surface area contributed by atoms with Crippen LogP contribution in [0.5, 0.6) is 0 Å². The number of carbonyl (C=O) groups excluding carboxylic acids is 1. The van der Waals surface area contributed by atoms with Crippen LogP contribution in [0.3, 0.4) is 0 Å². The number of carboxylic acids is 1. The van der Waals surface area contributed by atoms with Gasteiger partial charge in [-0.05, 0) is 49.9 Å². The molecular weight excluding hydrogens is 428 g/mol. The maximum absolute atomic E-state index is 13.0. The number of rotatable bonds is 15. The first kappa shape index (κ1) is 27.4. The van der Waals surface area contributed by atoms with Gasteiger partial charge in [0.05, 0.1) is 0 Å². The van der Waals surface area contributed by atoms with Crippen molar-refractivity contribution < 1.29 is 19.4 Å². The van der Waals surface area contributed by atoms with Crippen LogP contribution in [0.2, 0.25) is 0 Å². The second kappa shape index (κ2) is 15.1. The molecule has 1 atom stereocenters. The van der Waals surface area contributed by atoms with E-state index in [1.54, 1.807) is 6.92 Å². The summed E-state index contributed by atoms with van der Waals surface area (Å²) in [6.07, 6.45) is 6.00. The van der Waals surface area contributed by atoms with E-state index in [2.05, 4.69) is 12.2 Å². The second-order valence-corrected chi connectivity index (χ2v) is 8.75. The molecule has 34 heavy (non-hydrogen) atoms. The Kier molecular flexibility index (Phi) is 12.2. The summed E-state index contributed by atoms with van der Waals surface area (Å²) in [5.74, 6) is -0.944. The zero-order valence-corrected chi connectivity index (χ0v) is 20.9. The molecule has 0 fully saturated rings. The third kappa shape index (κ3) is 9.96. The lowest BCUT2D eigenvalue weighted by Gasteiger charge is -2.23. The summed E-state index contributed by atoms with van der Waals surface area (Å²) in [5, 5.41) is 12.3. The van der Waals surface area contributed by atoms with Gasteiger partial charge in [0.2, 0.25) is 0 Å². The van der Waals surface area contributed by atoms with Crippen molar-refractivity contribution >= 4 is 17.7 Å². The van der Waals surface area contributed by atoms with Crippen LogP contribution in [0.4, 0.5) is 10.5 Å². The van der Waals surface area contributed by atoms with Crippen LogP contribution in [-0.4, -0.2) is 47.8 Å². The lowest BCUT2D eigenvalue weighted by molar-refractivity contribution is -0.149. The number of aliphatic carboxylic acids is 1. The molecule has 0 saturated carbocycles. The van der Waals surface area contributed by atoms with Crippen molar-refractivity contribution in [3.05, 3.63) is 65.2 Å². The first-order valence-corrected chi connectivity index (χ1v) is 12.5. The Hall–Kier alpha value is -2.86. The highest BCUT2D eigenvalue weighted by Gasteiger charge is 2.18. The van der Waals surface area contributed by atoms with Gasteiger partial charge in [0, 0.05) is 31.8 Å². The van der Waals surface area contributed by atoms with Gasteiger partial charge < -0.3 is 20.1 Å². The molecule has 2 amide bonds. The molecule has 1 unspecified atom stereocenters. The number of amides is 2. The van der Waals surface area contributed by atoms with E-state index in [9.17, 15) is 14.7 Å². The van der Waals surface area contributed by atoms with Gasteiger partial charge in [0.15, 0.2) is 6.10 Å². The maximum Gasteiger partial charge on any atom is 0.333 e. The summed E-state index contributed by atoms with van der Waals surface area (Å²) in [6, 6.07) is 15.7. The summed E-state index contributed by atoms with van der Waals surface area (Å²) < 4.78 is 5.31.